The normalized spacial score (nSPS) is 21.6. The zero-order valence-electron chi connectivity index (χ0n) is 10.9. The molecular formula is C13H14F2N2O3. The topological polar surface area (TPSA) is 63.5 Å². The first-order chi connectivity index (χ1) is 9.31. The monoisotopic (exact) mass is 284 g/mol. The van der Waals surface area contributed by atoms with Gasteiger partial charge in [0.1, 0.15) is 0 Å². The van der Waals surface area contributed by atoms with Crippen molar-refractivity contribution in [2.75, 3.05) is 13.1 Å². The SMILES string of the molecule is CC(=O)N1CCC(c2ccc([N+](=O)[O-])cc2)C(F)(F)C1. The van der Waals surface area contributed by atoms with Gasteiger partial charge in [-0.25, -0.2) is 8.78 Å². The number of carbonyl (C=O) groups excluding carboxylic acids is 1. The van der Waals surface area contributed by atoms with Crippen LogP contribution in [0.25, 0.3) is 0 Å². The summed E-state index contributed by atoms with van der Waals surface area (Å²) < 4.78 is 28.2. The number of hydrogen-bond acceptors (Lipinski definition) is 3. The first kappa shape index (κ1) is 14.4. The van der Waals surface area contributed by atoms with Gasteiger partial charge in [0, 0.05) is 25.6 Å². The van der Waals surface area contributed by atoms with Gasteiger partial charge in [-0.1, -0.05) is 12.1 Å². The summed E-state index contributed by atoms with van der Waals surface area (Å²) in [5.74, 6) is -4.41. The molecular weight excluding hydrogens is 270 g/mol. The van der Waals surface area contributed by atoms with Gasteiger partial charge in [-0.2, -0.15) is 0 Å². The van der Waals surface area contributed by atoms with Gasteiger partial charge < -0.3 is 4.90 Å². The molecule has 20 heavy (non-hydrogen) atoms. The van der Waals surface area contributed by atoms with Crippen LogP contribution in [-0.4, -0.2) is 34.7 Å². The Balaban J connectivity index is 2.20. The number of rotatable bonds is 2. The van der Waals surface area contributed by atoms with E-state index in [1.165, 1.54) is 31.2 Å². The summed E-state index contributed by atoms with van der Waals surface area (Å²) in [5.41, 5.74) is 0.238. The van der Waals surface area contributed by atoms with Gasteiger partial charge in [-0.15, -0.1) is 0 Å². The van der Waals surface area contributed by atoms with E-state index < -0.39 is 23.3 Å². The number of nitro benzene ring substituents is 1. The molecule has 0 aromatic heterocycles. The first-order valence-electron chi connectivity index (χ1n) is 6.19. The molecule has 0 aliphatic carbocycles. The number of alkyl halides is 2. The maximum Gasteiger partial charge on any atom is 0.272 e. The van der Waals surface area contributed by atoms with Crippen molar-refractivity contribution in [2.45, 2.75) is 25.2 Å². The molecule has 1 amide bonds. The average Bonchev–Trinajstić information content (AvgIpc) is 2.37. The lowest BCUT2D eigenvalue weighted by Crippen LogP contribution is -2.49. The van der Waals surface area contributed by atoms with Crippen molar-refractivity contribution < 1.29 is 18.5 Å². The Morgan fingerprint density at radius 2 is 2.00 bits per heavy atom. The smallest absolute Gasteiger partial charge is 0.272 e. The van der Waals surface area contributed by atoms with Crippen molar-refractivity contribution in [2.24, 2.45) is 0 Å². The molecule has 2 rings (SSSR count). The van der Waals surface area contributed by atoms with Crippen LogP contribution >= 0.6 is 0 Å². The number of benzene rings is 1. The molecule has 0 radical (unpaired) electrons. The van der Waals surface area contributed by atoms with E-state index in [2.05, 4.69) is 0 Å². The van der Waals surface area contributed by atoms with Crippen molar-refractivity contribution >= 4 is 11.6 Å². The molecule has 1 saturated heterocycles. The molecule has 0 N–H and O–H groups in total. The van der Waals surface area contributed by atoms with Crippen LogP contribution in [0.4, 0.5) is 14.5 Å². The Bertz CT molecular complexity index is 531. The van der Waals surface area contributed by atoms with E-state index in [4.69, 9.17) is 0 Å². The lowest BCUT2D eigenvalue weighted by molar-refractivity contribution is -0.384. The molecule has 0 spiro atoms. The number of halogens is 2. The molecule has 0 saturated carbocycles. The predicted octanol–water partition coefficient (Wildman–Crippen LogP) is 2.57. The second kappa shape index (κ2) is 5.15. The fraction of sp³-hybridized carbons (Fsp3) is 0.462. The van der Waals surface area contributed by atoms with E-state index in [1.54, 1.807) is 0 Å². The van der Waals surface area contributed by atoms with Gasteiger partial charge in [0.2, 0.25) is 5.91 Å². The predicted molar refractivity (Wildman–Crippen MR) is 67.7 cm³/mol. The van der Waals surface area contributed by atoms with Crippen LogP contribution in [0.2, 0.25) is 0 Å². The maximum atomic E-state index is 14.1. The third-order valence-corrected chi connectivity index (χ3v) is 3.55. The lowest BCUT2D eigenvalue weighted by atomic mass is 9.86. The van der Waals surface area contributed by atoms with Crippen molar-refractivity contribution in [3.05, 3.63) is 39.9 Å². The molecule has 1 heterocycles. The quantitative estimate of drug-likeness (QED) is 0.619. The summed E-state index contributed by atoms with van der Waals surface area (Å²) in [5, 5.41) is 10.5. The minimum atomic E-state index is -3.03. The molecule has 1 unspecified atom stereocenters. The van der Waals surface area contributed by atoms with Crippen LogP contribution in [0.15, 0.2) is 24.3 Å². The van der Waals surface area contributed by atoms with Gasteiger partial charge in [0.15, 0.2) is 0 Å². The summed E-state index contributed by atoms with van der Waals surface area (Å²) in [6.45, 7) is 0.929. The van der Waals surface area contributed by atoms with Gasteiger partial charge in [-0.3, -0.25) is 14.9 Å². The van der Waals surface area contributed by atoms with Crippen LogP contribution < -0.4 is 0 Å². The number of amides is 1. The second-order valence-corrected chi connectivity index (χ2v) is 4.89. The largest absolute Gasteiger partial charge is 0.337 e. The van der Waals surface area contributed by atoms with Gasteiger partial charge in [0.25, 0.3) is 11.6 Å². The van der Waals surface area contributed by atoms with Crippen molar-refractivity contribution in [3.63, 3.8) is 0 Å². The van der Waals surface area contributed by atoms with Gasteiger partial charge >= 0.3 is 0 Å². The minimum Gasteiger partial charge on any atom is -0.337 e. The molecule has 1 atom stereocenters. The highest BCUT2D eigenvalue weighted by atomic mass is 19.3. The minimum absolute atomic E-state index is 0.127. The van der Waals surface area contributed by atoms with E-state index in [-0.39, 0.29) is 24.6 Å². The Hall–Kier alpha value is -2.05. The zero-order valence-corrected chi connectivity index (χ0v) is 10.9. The van der Waals surface area contributed by atoms with Crippen molar-refractivity contribution in [1.82, 2.24) is 4.90 Å². The van der Waals surface area contributed by atoms with E-state index in [0.717, 1.165) is 4.90 Å². The molecule has 1 fully saturated rings. The van der Waals surface area contributed by atoms with Crippen molar-refractivity contribution in [1.29, 1.82) is 0 Å². The van der Waals surface area contributed by atoms with Crippen LogP contribution in [0, 0.1) is 10.1 Å². The number of hydrogen-bond donors (Lipinski definition) is 0. The molecule has 7 heteroatoms. The lowest BCUT2D eigenvalue weighted by Gasteiger charge is -2.38. The number of non-ortho nitro benzene ring substituents is 1. The Morgan fingerprint density at radius 1 is 1.40 bits per heavy atom. The average molecular weight is 284 g/mol. The number of nitro groups is 1. The van der Waals surface area contributed by atoms with Gasteiger partial charge in [0.05, 0.1) is 17.4 Å². The second-order valence-electron chi connectivity index (χ2n) is 4.89. The summed E-state index contributed by atoms with van der Waals surface area (Å²) >= 11 is 0. The highest BCUT2D eigenvalue weighted by Crippen LogP contribution is 2.40. The number of likely N-dealkylation sites (tertiary alicyclic amines) is 1. The van der Waals surface area contributed by atoms with Crippen LogP contribution in [0.5, 0.6) is 0 Å². The molecule has 1 aromatic carbocycles. The Kier molecular flexibility index (Phi) is 3.69. The summed E-state index contributed by atoms with van der Waals surface area (Å²) in [6, 6.07) is 5.17. The van der Waals surface area contributed by atoms with E-state index in [9.17, 15) is 23.7 Å². The Morgan fingerprint density at radius 3 is 2.45 bits per heavy atom. The molecule has 0 bridgehead atoms. The highest BCUT2D eigenvalue weighted by Gasteiger charge is 2.45. The maximum absolute atomic E-state index is 14.1. The van der Waals surface area contributed by atoms with Crippen LogP contribution in [-0.2, 0) is 4.79 Å². The van der Waals surface area contributed by atoms with Crippen LogP contribution in [0.3, 0.4) is 0 Å². The number of carbonyl (C=O) groups is 1. The third kappa shape index (κ3) is 2.76. The molecule has 5 nitrogen and oxygen atoms in total. The first-order valence-corrected chi connectivity index (χ1v) is 6.19. The third-order valence-electron chi connectivity index (χ3n) is 3.55. The zero-order chi connectivity index (χ0) is 14.9. The fourth-order valence-corrected chi connectivity index (χ4v) is 2.45. The molecule has 108 valence electrons. The summed E-state index contributed by atoms with van der Waals surface area (Å²) in [7, 11) is 0. The molecule has 1 aromatic rings. The van der Waals surface area contributed by atoms with E-state index in [1.807, 2.05) is 0 Å². The molecule has 1 aliphatic rings. The van der Waals surface area contributed by atoms with Gasteiger partial charge in [-0.05, 0) is 12.0 Å². The van der Waals surface area contributed by atoms with E-state index in [0.29, 0.717) is 5.56 Å². The number of piperidine rings is 1. The number of nitrogens with zero attached hydrogens (tertiary/aromatic N) is 2. The van der Waals surface area contributed by atoms with Crippen molar-refractivity contribution in [3.8, 4) is 0 Å². The van der Waals surface area contributed by atoms with E-state index >= 15 is 0 Å². The standard InChI is InChI=1S/C13H14F2N2O3/c1-9(18)16-7-6-12(13(14,15)8-16)10-2-4-11(5-3-10)17(19)20/h2-5,12H,6-8H2,1H3. The fourth-order valence-electron chi connectivity index (χ4n) is 2.45. The summed E-state index contributed by atoms with van der Waals surface area (Å²) in [4.78, 5) is 22.3. The Labute approximate surface area is 114 Å². The van der Waals surface area contributed by atoms with Crippen LogP contribution in [0.1, 0.15) is 24.8 Å². The summed E-state index contributed by atoms with van der Waals surface area (Å²) in [6.07, 6.45) is 0.143. The highest BCUT2D eigenvalue weighted by molar-refractivity contribution is 5.73. The molecule has 1 aliphatic heterocycles.